The molecule has 232 valence electrons. The van der Waals surface area contributed by atoms with Crippen molar-refractivity contribution in [3.63, 3.8) is 0 Å². The molecule has 0 aliphatic carbocycles. The lowest BCUT2D eigenvalue weighted by Gasteiger charge is -2.37. The summed E-state index contributed by atoms with van der Waals surface area (Å²) < 4.78 is 5.63. The summed E-state index contributed by atoms with van der Waals surface area (Å²) >= 11 is 0. The number of carbonyl (C=O) groups excluding carboxylic acids is 1. The van der Waals surface area contributed by atoms with Crippen molar-refractivity contribution < 1.29 is 19.7 Å². The molecule has 1 aliphatic heterocycles. The van der Waals surface area contributed by atoms with E-state index in [9.17, 15) is 19.8 Å². The molecule has 0 spiro atoms. The lowest BCUT2D eigenvalue weighted by Crippen LogP contribution is -2.40. The Morgan fingerprint density at radius 1 is 1.02 bits per heavy atom. The maximum absolute atomic E-state index is 13.7. The third kappa shape index (κ3) is 8.12. The van der Waals surface area contributed by atoms with Gasteiger partial charge in [-0.15, -0.1) is 0 Å². The molecule has 5 N–H and O–H groups in total. The van der Waals surface area contributed by atoms with Crippen LogP contribution < -0.4 is 21.1 Å². The molecule has 4 rings (SSSR count). The number of aliphatic hydroxyl groups excluding tert-OH is 2. The van der Waals surface area contributed by atoms with Crippen LogP contribution in [0.4, 0.5) is 5.69 Å². The number of anilines is 1. The minimum atomic E-state index is -0.217. The number of carbonyl (C=O) groups is 1. The molecule has 0 unspecified atom stereocenters. The summed E-state index contributed by atoms with van der Waals surface area (Å²) in [5, 5.41) is 24.9. The quantitative estimate of drug-likeness (QED) is 0.206. The van der Waals surface area contributed by atoms with Crippen molar-refractivity contribution in [3.05, 3.63) is 86.3 Å². The Labute approximate surface area is 254 Å². The highest BCUT2D eigenvalue weighted by atomic mass is 16.5. The number of H-pyrrole nitrogens is 1. The minimum absolute atomic E-state index is 0.0577. The molecule has 0 saturated carbocycles. The highest BCUT2D eigenvalue weighted by Gasteiger charge is 2.25. The summed E-state index contributed by atoms with van der Waals surface area (Å²) in [5.41, 5.74) is 7.57. The zero-order valence-electron chi connectivity index (χ0n) is 25.8. The van der Waals surface area contributed by atoms with Gasteiger partial charge in [0.25, 0.3) is 11.5 Å². The van der Waals surface area contributed by atoms with Crippen LogP contribution in [-0.4, -0.2) is 66.7 Å². The van der Waals surface area contributed by atoms with Gasteiger partial charge in [0.05, 0.1) is 0 Å². The molecule has 2 heterocycles. The molecule has 0 radical (unpaired) electrons. The van der Waals surface area contributed by atoms with E-state index >= 15 is 0 Å². The maximum Gasteiger partial charge on any atom is 0.253 e. The van der Waals surface area contributed by atoms with E-state index in [-0.39, 0.29) is 37.1 Å². The van der Waals surface area contributed by atoms with Crippen molar-refractivity contribution in [1.29, 1.82) is 0 Å². The van der Waals surface area contributed by atoms with Crippen LogP contribution in [0, 0.1) is 26.7 Å². The molecule has 1 saturated heterocycles. The molecule has 43 heavy (non-hydrogen) atoms. The summed E-state index contributed by atoms with van der Waals surface area (Å²) in [6, 6.07) is 14.6. The van der Waals surface area contributed by atoms with Crippen LogP contribution >= 0.6 is 0 Å². The van der Waals surface area contributed by atoms with Crippen LogP contribution in [0.5, 0.6) is 0 Å². The first-order valence-electron chi connectivity index (χ1n) is 15.2. The van der Waals surface area contributed by atoms with Gasteiger partial charge in [0.2, 0.25) is 0 Å². The fourth-order valence-corrected chi connectivity index (χ4v) is 5.81. The first-order chi connectivity index (χ1) is 20.7. The zero-order chi connectivity index (χ0) is 30.9. The molecular weight excluding hydrogens is 544 g/mol. The number of hydrogen-bond acceptors (Lipinski definition) is 7. The van der Waals surface area contributed by atoms with Crippen molar-refractivity contribution in [2.24, 2.45) is 5.92 Å². The molecule has 1 aliphatic rings. The van der Waals surface area contributed by atoms with Gasteiger partial charge in [-0.2, -0.15) is 0 Å². The number of amides is 1. The van der Waals surface area contributed by atoms with E-state index in [1.165, 1.54) is 0 Å². The highest BCUT2D eigenvalue weighted by molar-refractivity contribution is 5.99. The van der Waals surface area contributed by atoms with Gasteiger partial charge in [0.1, 0.15) is 0 Å². The summed E-state index contributed by atoms with van der Waals surface area (Å²) in [6.45, 7) is 11.3. The molecule has 3 aromatic rings. The third-order valence-corrected chi connectivity index (χ3v) is 8.39. The zero-order valence-corrected chi connectivity index (χ0v) is 25.8. The van der Waals surface area contributed by atoms with E-state index in [1.54, 1.807) is 0 Å². The van der Waals surface area contributed by atoms with E-state index in [4.69, 9.17) is 4.74 Å². The Morgan fingerprint density at radius 3 is 2.35 bits per heavy atom. The average molecular weight is 591 g/mol. The van der Waals surface area contributed by atoms with E-state index in [0.29, 0.717) is 30.3 Å². The fraction of sp³-hybridized carbons (Fsp3) is 0.471. The fourth-order valence-electron chi connectivity index (χ4n) is 5.81. The summed E-state index contributed by atoms with van der Waals surface area (Å²) in [5.74, 6) is -0.397. The van der Waals surface area contributed by atoms with Crippen LogP contribution in [-0.2, 0) is 17.8 Å². The topological polar surface area (TPSA) is 127 Å². The third-order valence-electron chi connectivity index (χ3n) is 8.39. The molecule has 0 atom stereocenters. The molecular formula is C34H46N4O5. The van der Waals surface area contributed by atoms with Crippen LogP contribution in [0.25, 0.3) is 11.1 Å². The lowest BCUT2D eigenvalue weighted by atomic mass is 9.94. The number of ether oxygens (including phenoxy) is 1. The normalized spacial score (nSPS) is 13.8. The number of aromatic nitrogens is 1. The molecule has 1 amide bonds. The predicted molar refractivity (Wildman–Crippen MR) is 171 cm³/mol. The second kappa shape index (κ2) is 15.3. The van der Waals surface area contributed by atoms with Crippen LogP contribution in [0.15, 0.2) is 47.3 Å². The number of hydrogen-bond donors (Lipinski definition) is 5. The van der Waals surface area contributed by atoms with E-state index in [0.717, 1.165) is 71.8 Å². The van der Waals surface area contributed by atoms with Gasteiger partial charge in [-0.3, -0.25) is 9.59 Å². The molecule has 9 nitrogen and oxygen atoms in total. The maximum atomic E-state index is 13.7. The second-order valence-corrected chi connectivity index (χ2v) is 11.5. The van der Waals surface area contributed by atoms with Gasteiger partial charge < -0.3 is 35.5 Å². The number of pyridine rings is 1. The Morgan fingerprint density at radius 2 is 1.72 bits per heavy atom. The van der Waals surface area contributed by atoms with Gasteiger partial charge in [0.15, 0.2) is 0 Å². The number of nitrogens with zero attached hydrogens (tertiary/aromatic N) is 1. The van der Waals surface area contributed by atoms with Crippen molar-refractivity contribution in [2.45, 2.75) is 59.7 Å². The van der Waals surface area contributed by atoms with E-state index in [1.807, 2.05) is 32.9 Å². The van der Waals surface area contributed by atoms with Crippen LogP contribution in [0.2, 0.25) is 0 Å². The number of aryl methyl sites for hydroxylation is 2. The van der Waals surface area contributed by atoms with Crippen LogP contribution in [0.3, 0.4) is 0 Å². The molecule has 1 aromatic heterocycles. The monoisotopic (exact) mass is 590 g/mol. The van der Waals surface area contributed by atoms with E-state index in [2.05, 4.69) is 57.8 Å². The van der Waals surface area contributed by atoms with Gasteiger partial charge in [0, 0.05) is 87.1 Å². The predicted octanol–water partition coefficient (Wildman–Crippen LogP) is 3.59. The molecule has 0 bridgehead atoms. The van der Waals surface area contributed by atoms with Crippen molar-refractivity contribution in [1.82, 2.24) is 15.6 Å². The number of benzene rings is 2. The number of rotatable bonds is 13. The van der Waals surface area contributed by atoms with Gasteiger partial charge in [-0.25, -0.2) is 0 Å². The summed E-state index contributed by atoms with van der Waals surface area (Å²) in [6.07, 6.45) is 1.87. The minimum Gasteiger partial charge on any atom is -0.396 e. The highest BCUT2D eigenvalue weighted by Crippen LogP contribution is 2.34. The molecule has 1 fully saturated rings. The van der Waals surface area contributed by atoms with Crippen molar-refractivity contribution in [2.75, 3.05) is 44.4 Å². The van der Waals surface area contributed by atoms with E-state index < -0.39 is 0 Å². The Kier molecular flexibility index (Phi) is 11.5. The average Bonchev–Trinajstić information content (AvgIpc) is 3.00. The lowest BCUT2D eigenvalue weighted by molar-refractivity contribution is 0.0846. The Bertz CT molecular complexity index is 1430. The van der Waals surface area contributed by atoms with Crippen molar-refractivity contribution in [3.8, 4) is 11.1 Å². The SMILES string of the molecule is CCN(c1cc(-c2ccc(CNCC(CO)CO)cc2)cc(C(=O)NCc2c(C)cc(C)[nH]c2=O)c1C)C1CCOCC1. The first-order valence-corrected chi connectivity index (χ1v) is 15.2. The Balaban J connectivity index is 1.64. The number of aromatic amines is 1. The van der Waals surface area contributed by atoms with Gasteiger partial charge in [-0.1, -0.05) is 24.3 Å². The smallest absolute Gasteiger partial charge is 0.253 e. The van der Waals surface area contributed by atoms with Crippen molar-refractivity contribution >= 4 is 11.6 Å². The molecule has 2 aromatic carbocycles. The Hall–Kier alpha value is -3.50. The summed E-state index contributed by atoms with van der Waals surface area (Å²) in [7, 11) is 0. The number of nitrogens with one attached hydrogen (secondary N) is 3. The summed E-state index contributed by atoms with van der Waals surface area (Å²) in [4.78, 5) is 31.5. The largest absolute Gasteiger partial charge is 0.396 e. The van der Waals surface area contributed by atoms with Gasteiger partial charge in [-0.05, 0) is 86.6 Å². The van der Waals surface area contributed by atoms with Gasteiger partial charge >= 0.3 is 0 Å². The van der Waals surface area contributed by atoms with Crippen LogP contribution in [0.1, 0.15) is 58.1 Å². The second-order valence-electron chi connectivity index (χ2n) is 11.5. The standard InChI is InChI=1S/C34H46N4O5/c1-5-38(29-10-12-43-13-11-29)32-16-28(27-8-6-25(7-9-27)17-35-18-26(20-39)21-40)15-30(24(32)4)33(41)36-19-31-22(2)14-23(3)37-34(31)42/h6-9,14-16,26,29,35,39-40H,5,10-13,17-21H2,1-4H3,(H,36,41)(H,37,42). The first kappa shape index (κ1) is 32.4. The number of aliphatic hydroxyl groups is 2. The molecule has 9 heteroatoms.